The summed E-state index contributed by atoms with van der Waals surface area (Å²) < 4.78 is 5.30. The van der Waals surface area contributed by atoms with Crippen LogP contribution in [0.4, 0.5) is 0 Å². The number of nitrogens with one attached hydrogen (secondary N) is 1. The monoisotopic (exact) mass is 208 g/mol. The van der Waals surface area contributed by atoms with Crippen LogP contribution in [-0.2, 0) is 6.42 Å². The highest BCUT2D eigenvalue weighted by Gasteiger charge is 2.12. The fourth-order valence-corrected chi connectivity index (χ4v) is 1.99. The van der Waals surface area contributed by atoms with Gasteiger partial charge in [0.15, 0.2) is 0 Å². The molecule has 0 saturated carbocycles. The molecule has 14 heavy (non-hydrogen) atoms. The van der Waals surface area contributed by atoms with E-state index in [2.05, 4.69) is 15.7 Å². The predicted octanol–water partition coefficient (Wildman–Crippen LogP) is 2.24. The third kappa shape index (κ3) is 2.02. The zero-order valence-corrected chi connectivity index (χ0v) is 8.75. The van der Waals surface area contributed by atoms with Gasteiger partial charge in [0.2, 0.25) is 0 Å². The van der Waals surface area contributed by atoms with E-state index < -0.39 is 0 Å². The number of likely N-dealkylation sites (N-methyl/N-ethyl adjacent to an activating group) is 1. The van der Waals surface area contributed by atoms with Crippen molar-refractivity contribution in [1.82, 2.24) is 10.3 Å². The highest BCUT2D eigenvalue weighted by atomic mass is 32.1. The molecule has 0 radical (unpaired) electrons. The Labute approximate surface area is 86.8 Å². The predicted molar refractivity (Wildman–Crippen MR) is 56.3 cm³/mol. The Morgan fingerprint density at radius 3 is 3.14 bits per heavy atom. The van der Waals surface area contributed by atoms with Crippen molar-refractivity contribution in [3.63, 3.8) is 0 Å². The van der Waals surface area contributed by atoms with E-state index in [-0.39, 0.29) is 6.04 Å². The maximum atomic E-state index is 5.30. The molecule has 1 unspecified atom stereocenters. The maximum Gasteiger partial charge on any atom is 0.105 e. The van der Waals surface area contributed by atoms with Crippen molar-refractivity contribution in [2.45, 2.75) is 12.5 Å². The third-order valence-corrected chi connectivity index (χ3v) is 2.75. The summed E-state index contributed by atoms with van der Waals surface area (Å²) in [5, 5.41) is 5.29. The fourth-order valence-electron chi connectivity index (χ4n) is 1.38. The van der Waals surface area contributed by atoms with Crippen molar-refractivity contribution in [1.29, 1.82) is 0 Å². The summed E-state index contributed by atoms with van der Waals surface area (Å²) in [6.45, 7) is 0. The number of hydrogen-bond acceptors (Lipinski definition) is 4. The molecule has 2 aromatic heterocycles. The molecule has 0 bridgehead atoms. The lowest BCUT2D eigenvalue weighted by molar-refractivity contribution is 0.462. The number of aromatic nitrogens is 1. The normalized spacial score (nSPS) is 12.9. The lowest BCUT2D eigenvalue weighted by Crippen LogP contribution is -2.18. The molecule has 4 heteroatoms. The first-order chi connectivity index (χ1) is 6.90. The average molecular weight is 208 g/mol. The number of nitrogens with zero attached hydrogens (tertiary/aromatic N) is 1. The second kappa shape index (κ2) is 4.39. The molecule has 74 valence electrons. The van der Waals surface area contributed by atoms with Gasteiger partial charge in [-0.25, -0.2) is 4.98 Å². The Kier molecular flexibility index (Phi) is 2.96. The largest absolute Gasteiger partial charge is 0.469 e. The summed E-state index contributed by atoms with van der Waals surface area (Å²) in [7, 11) is 1.94. The van der Waals surface area contributed by atoms with Crippen LogP contribution in [-0.4, -0.2) is 12.0 Å². The van der Waals surface area contributed by atoms with Gasteiger partial charge >= 0.3 is 0 Å². The number of rotatable bonds is 4. The van der Waals surface area contributed by atoms with Crippen LogP contribution in [0.5, 0.6) is 0 Å². The molecule has 0 aliphatic rings. The van der Waals surface area contributed by atoms with Crippen LogP contribution >= 0.6 is 11.3 Å². The van der Waals surface area contributed by atoms with E-state index in [9.17, 15) is 0 Å². The van der Waals surface area contributed by atoms with E-state index in [1.165, 1.54) is 0 Å². The van der Waals surface area contributed by atoms with Crippen LogP contribution in [0.25, 0.3) is 0 Å². The quantitative estimate of drug-likeness (QED) is 0.837. The van der Waals surface area contributed by atoms with Crippen LogP contribution in [0.3, 0.4) is 0 Å². The summed E-state index contributed by atoms with van der Waals surface area (Å²) in [6, 6.07) is 4.13. The lowest BCUT2D eigenvalue weighted by Gasteiger charge is -2.11. The van der Waals surface area contributed by atoms with Gasteiger partial charge in [0.25, 0.3) is 0 Å². The highest BCUT2D eigenvalue weighted by molar-refractivity contribution is 7.07. The third-order valence-electron chi connectivity index (χ3n) is 2.14. The van der Waals surface area contributed by atoms with Crippen molar-refractivity contribution < 1.29 is 4.42 Å². The Morgan fingerprint density at radius 2 is 2.57 bits per heavy atom. The molecule has 0 spiro atoms. The Hall–Kier alpha value is -1.13. The van der Waals surface area contributed by atoms with Gasteiger partial charge in [0, 0.05) is 11.8 Å². The zero-order chi connectivity index (χ0) is 9.80. The Morgan fingerprint density at radius 1 is 1.64 bits per heavy atom. The van der Waals surface area contributed by atoms with Crippen molar-refractivity contribution in [3.8, 4) is 0 Å². The molecular weight excluding hydrogens is 196 g/mol. The van der Waals surface area contributed by atoms with Crippen molar-refractivity contribution >= 4 is 11.3 Å². The van der Waals surface area contributed by atoms with Gasteiger partial charge in [-0.3, -0.25) is 0 Å². The molecule has 0 aromatic carbocycles. The van der Waals surface area contributed by atoms with Crippen molar-refractivity contribution in [2.24, 2.45) is 0 Å². The molecule has 1 atom stereocenters. The molecule has 0 fully saturated rings. The topological polar surface area (TPSA) is 38.1 Å². The van der Waals surface area contributed by atoms with Gasteiger partial charge in [-0.2, -0.15) is 0 Å². The SMILES string of the molecule is CNC(Cc1ccco1)c1cscn1. The zero-order valence-electron chi connectivity index (χ0n) is 7.93. The Bertz CT molecular complexity index is 355. The first-order valence-corrected chi connectivity index (χ1v) is 5.42. The van der Waals surface area contributed by atoms with Crippen LogP contribution in [0.15, 0.2) is 33.7 Å². The standard InChI is InChI=1S/C10H12N2OS/c1-11-9(10-6-14-7-12-10)5-8-3-2-4-13-8/h2-4,6-7,9,11H,5H2,1H3. The van der Waals surface area contributed by atoms with Gasteiger partial charge < -0.3 is 9.73 Å². The number of hydrogen-bond donors (Lipinski definition) is 1. The molecule has 2 rings (SSSR count). The van der Waals surface area contributed by atoms with Gasteiger partial charge in [0.1, 0.15) is 5.76 Å². The van der Waals surface area contributed by atoms with Crippen LogP contribution in [0.1, 0.15) is 17.5 Å². The molecule has 0 aliphatic heterocycles. The molecular formula is C10H12N2OS. The fraction of sp³-hybridized carbons (Fsp3) is 0.300. The van der Waals surface area contributed by atoms with E-state index in [1.54, 1.807) is 17.6 Å². The highest BCUT2D eigenvalue weighted by Crippen LogP contribution is 2.17. The lowest BCUT2D eigenvalue weighted by atomic mass is 10.1. The minimum Gasteiger partial charge on any atom is -0.469 e. The van der Waals surface area contributed by atoms with E-state index in [0.717, 1.165) is 17.9 Å². The van der Waals surface area contributed by atoms with E-state index in [1.807, 2.05) is 24.7 Å². The van der Waals surface area contributed by atoms with E-state index >= 15 is 0 Å². The first kappa shape index (κ1) is 9.43. The van der Waals surface area contributed by atoms with Gasteiger partial charge in [-0.1, -0.05) is 0 Å². The average Bonchev–Trinajstić information content (AvgIpc) is 2.86. The first-order valence-electron chi connectivity index (χ1n) is 4.48. The van der Waals surface area contributed by atoms with Crippen molar-refractivity contribution in [3.05, 3.63) is 40.7 Å². The molecule has 0 saturated heterocycles. The Balaban J connectivity index is 2.08. The summed E-state index contributed by atoms with van der Waals surface area (Å²) in [6.07, 6.45) is 2.54. The summed E-state index contributed by atoms with van der Waals surface area (Å²) in [5.74, 6) is 0.984. The van der Waals surface area contributed by atoms with Crippen LogP contribution in [0.2, 0.25) is 0 Å². The van der Waals surface area contributed by atoms with Gasteiger partial charge in [-0.05, 0) is 19.2 Å². The maximum absolute atomic E-state index is 5.30. The summed E-state index contributed by atoms with van der Waals surface area (Å²) in [4.78, 5) is 4.28. The summed E-state index contributed by atoms with van der Waals surface area (Å²) >= 11 is 1.61. The van der Waals surface area contributed by atoms with Crippen LogP contribution in [0, 0.1) is 0 Å². The second-order valence-electron chi connectivity index (χ2n) is 3.04. The van der Waals surface area contributed by atoms with E-state index in [4.69, 9.17) is 4.42 Å². The number of thiazole rings is 1. The molecule has 0 amide bonds. The van der Waals surface area contributed by atoms with Gasteiger partial charge in [-0.15, -0.1) is 11.3 Å². The minimum absolute atomic E-state index is 0.243. The summed E-state index contributed by atoms with van der Waals surface area (Å²) in [5.41, 5.74) is 2.93. The molecule has 0 aliphatic carbocycles. The van der Waals surface area contributed by atoms with Crippen LogP contribution < -0.4 is 5.32 Å². The van der Waals surface area contributed by atoms with Gasteiger partial charge in [0.05, 0.1) is 23.5 Å². The molecule has 2 heterocycles. The second-order valence-corrected chi connectivity index (χ2v) is 3.76. The van der Waals surface area contributed by atoms with E-state index in [0.29, 0.717) is 0 Å². The number of furan rings is 1. The molecule has 1 N–H and O–H groups in total. The smallest absolute Gasteiger partial charge is 0.105 e. The minimum atomic E-state index is 0.243. The van der Waals surface area contributed by atoms with Crippen molar-refractivity contribution in [2.75, 3.05) is 7.05 Å². The molecule has 3 nitrogen and oxygen atoms in total. The molecule has 2 aromatic rings.